The van der Waals surface area contributed by atoms with Gasteiger partial charge in [0, 0.05) is 18.5 Å². The number of nitrogens with one attached hydrogen (secondary N) is 1. The summed E-state index contributed by atoms with van der Waals surface area (Å²) in [5.74, 6) is 1.45. The number of ether oxygens (including phenoxy) is 1. The Balaban J connectivity index is 2.57. The van der Waals surface area contributed by atoms with Gasteiger partial charge in [0.1, 0.15) is 5.82 Å². The van der Waals surface area contributed by atoms with Crippen LogP contribution in [0.25, 0.3) is 10.9 Å². The molecular weight excluding hydrogens is 178 g/mol. The second-order valence-corrected chi connectivity index (χ2v) is 2.87. The van der Waals surface area contributed by atoms with Crippen molar-refractivity contribution in [2.24, 2.45) is 0 Å². The van der Waals surface area contributed by atoms with Gasteiger partial charge in [0.25, 0.3) is 0 Å². The summed E-state index contributed by atoms with van der Waals surface area (Å²) in [6.07, 6.45) is 1.73. The van der Waals surface area contributed by atoms with Gasteiger partial charge < -0.3 is 10.1 Å². The van der Waals surface area contributed by atoms with E-state index in [1.165, 1.54) is 0 Å². The number of fused-ring (bicyclic) bond motifs is 1. The van der Waals surface area contributed by atoms with Gasteiger partial charge in [-0.05, 0) is 12.1 Å². The Labute approximate surface area is 81.9 Å². The Kier molecular flexibility index (Phi) is 2.18. The maximum atomic E-state index is 5.02. The van der Waals surface area contributed by atoms with E-state index in [0.29, 0.717) is 5.88 Å². The molecule has 4 nitrogen and oxygen atoms in total. The predicted octanol–water partition coefficient (Wildman–Crippen LogP) is 1.68. The van der Waals surface area contributed by atoms with Gasteiger partial charge in [0.05, 0.1) is 18.8 Å². The molecule has 0 aliphatic rings. The van der Waals surface area contributed by atoms with Gasteiger partial charge in [-0.25, -0.2) is 9.97 Å². The fourth-order valence-electron chi connectivity index (χ4n) is 1.26. The molecule has 0 fully saturated rings. The molecule has 0 aliphatic carbocycles. The summed E-state index contributed by atoms with van der Waals surface area (Å²) >= 11 is 0. The topological polar surface area (TPSA) is 47.0 Å². The standard InChI is InChI=1S/C10H11N3O/c1-11-9-5-7-3-4-10(14-2)13-8(7)6-12-9/h3-6H,1-2H3,(H,11,12). The van der Waals surface area contributed by atoms with Crippen LogP contribution in [0.1, 0.15) is 0 Å². The molecule has 0 spiro atoms. The zero-order valence-corrected chi connectivity index (χ0v) is 8.11. The van der Waals surface area contributed by atoms with Crippen LogP contribution in [0.3, 0.4) is 0 Å². The highest BCUT2D eigenvalue weighted by Gasteiger charge is 1.99. The van der Waals surface area contributed by atoms with E-state index in [4.69, 9.17) is 4.74 Å². The molecule has 2 aromatic heterocycles. The number of aromatic nitrogens is 2. The van der Waals surface area contributed by atoms with Crippen molar-refractivity contribution in [3.05, 3.63) is 24.4 Å². The van der Waals surface area contributed by atoms with Crippen molar-refractivity contribution in [2.75, 3.05) is 19.5 Å². The van der Waals surface area contributed by atoms with Crippen LogP contribution >= 0.6 is 0 Å². The fourth-order valence-corrected chi connectivity index (χ4v) is 1.26. The largest absolute Gasteiger partial charge is 0.481 e. The average molecular weight is 189 g/mol. The first-order valence-electron chi connectivity index (χ1n) is 4.32. The summed E-state index contributed by atoms with van der Waals surface area (Å²) in [5.41, 5.74) is 0.836. The zero-order valence-electron chi connectivity index (χ0n) is 8.11. The van der Waals surface area contributed by atoms with Crippen molar-refractivity contribution in [1.82, 2.24) is 9.97 Å². The normalized spacial score (nSPS) is 10.1. The molecule has 0 aliphatic heterocycles. The fraction of sp³-hybridized carbons (Fsp3) is 0.200. The average Bonchev–Trinajstić information content (AvgIpc) is 2.27. The molecule has 0 bridgehead atoms. The van der Waals surface area contributed by atoms with Crippen LogP contribution in [0.4, 0.5) is 5.82 Å². The van der Waals surface area contributed by atoms with Gasteiger partial charge in [-0.15, -0.1) is 0 Å². The van der Waals surface area contributed by atoms with Crippen LogP contribution in [-0.2, 0) is 0 Å². The van der Waals surface area contributed by atoms with E-state index >= 15 is 0 Å². The highest BCUT2D eigenvalue weighted by Crippen LogP contribution is 2.17. The van der Waals surface area contributed by atoms with Gasteiger partial charge in [0.15, 0.2) is 0 Å². The van der Waals surface area contributed by atoms with E-state index in [2.05, 4.69) is 15.3 Å². The molecule has 2 heterocycles. The molecular formula is C10H11N3O. The summed E-state index contributed by atoms with van der Waals surface area (Å²) in [4.78, 5) is 8.43. The Morgan fingerprint density at radius 2 is 2.21 bits per heavy atom. The first kappa shape index (κ1) is 8.74. The second-order valence-electron chi connectivity index (χ2n) is 2.87. The van der Waals surface area contributed by atoms with Crippen molar-refractivity contribution in [3.8, 4) is 5.88 Å². The lowest BCUT2D eigenvalue weighted by molar-refractivity contribution is 0.399. The number of hydrogen-bond acceptors (Lipinski definition) is 4. The highest BCUT2D eigenvalue weighted by molar-refractivity contribution is 5.80. The van der Waals surface area contributed by atoms with Gasteiger partial charge in [-0.2, -0.15) is 0 Å². The van der Waals surface area contributed by atoms with Gasteiger partial charge >= 0.3 is 0 Å². The number of hydrogen-bond donors (Lipinski definition) is 1. The van der Waals surface area contributed by atoms with Crippen LogP contribution in [0.15, 0.2) is 24.4 Å². The second kappa shape index (κ2) is 3.49. The van der Waals surface area contributed by atoms with Crippen LogP contribution < -0.4 is 10.1 Å². The van der Waals surface area contributed by atoms with Crippen molar-refractivity contribution >= 4 is 16.7 Å². The van der Waals surface area contributed by atoms with Crippen molar-refractivity contribution in [3.63, 3.8) is 0 Å². The molecule has 2 rings (SSSR count). The lowest BCUT2D eigenvalue weighted by Gasteiger charge is -2.03. The molecule has 0 saturated carbocycles. The number of methoxy groups -OCH3 is 1. The number of pyridine rings is 2. The van der Waals surface area contributed by atoms with Crippen molar-refractivity contribution < 1.29 is 4.74 Å². The van der Waals surface area contributed by atoms with Gasteiger partial charge in [-0.3, -0.25) is 0 Å². The first-order valence-corrected chi connectivity index (χ1v) is 4.32. The predicted molar refractivity (Wildman–Crippen MR) is 55.6 cm³/mol. The van der Waals surface area contributed by atoms with Crippen LogP contribution in [0.5, 0.6) is 5.88 Å². The number of nitrogens with zero attached hydrogens (tertiary/aromatic N) is 2. The Hall–Kier alpha value is -1.84. The maximum absolute atomic E-state index is 5.02. The first-order chi connectivity index (χ1) is 6.83. The summed E-state index contributed by atoms with van der Waals surface area (Å²) in [6.45, 7) is 0. The van der Waals surface area contributed by atoms with E-state index in [-0.39, 0.29) is 0 Å². The Bertz CT molecular complexity index is 413. The molecule has 2 aromatic rings. The van der Waals surface area contributed by atoms with E-state index in [1.54, 1.807) is 13.3 Å². The number of rotatable bonds is 2. The summed E-state index contributed by atoms with van der Waals surface area (Å²) < 4.78 is 5.02. The Morgan fingerprint density at radius 1 is 1.36 bits per heavy atom. The van der Waals surface area contributed by atoms with Gasteiger partial charge in [0.2, 0.25) is 5.88 Å². The minimum atomic E-state index is 0.608. The molecule has 0 amide bonds. The quantitative estimate of drug-likeness (QED) is 0.780. The minimum Gasteiger partial charge on any atom is -0.481 e. The van der Waals surface area contributed by atoms with Crippen LogP contribution in [0, 0.1) is 0 Å². The molecule has 14 heavy (non-hydrogen) atoms. The van der Waals surface area contributed by atoms with Gasteiger partial charge in [-0.1, -0.05) is 0 Å². The van der Waals surface area contributed by atoms with Crippen molar-refractivity contribution in [1.29, 1.82) is 0 Å². The molecule has 0 saturated heterocycles. The molecule has 0 unspecified atom stereocenters. The lowest BCUT2D eigenvalue weighted by atomic mass is 10.2. The third kappa shape index (κ3) is 1.46. The third-order valence-corrected chi connectivity index (χ3v) is 2.02. The molecule has 72 valence electrons. The minimum absolute atomic E-state index is 0.608. The molecule has 4 heteroatoms. The smallest absolute Gasteiger partial charge is 0.213 e. The molecule has 0 atom stereocenters. The zero-order chi connectivity index (χ0) is 9.97. The molecule has 0 aromatic carbocycles. The van der Waals surface area contributed by atoms with Crippen LogP contribution in [-0.4, -0.2) is 24.1 Å². The summed E-state index contributed by atoms with van der Waals surface area (Å²) in [6, 6.07) is 5.74. The van der Waals surface area contributed by atoms with Crippen LogP contribution in [0.2, 0.25) is 0 Å². The summed E-state index contributed by atoms with van der Waals surface area (Å²) in [7, 11) is 3.44. The number of anilines is 1. The molecule has 1 N–H and O–H groups in total. The summed E-state index contributed by atoms with van der Waals surface area (Å²) in [5, 5.41) is 4.02. The van der Waals surface area contributed by atoms with E-state index < -0.39 is 0 Å². The SMILES string of the molecule is CNc1cc2ccc(OC)nc2cn1. The van der Waals surface area contributed by atoms with Crippen molar-refractivity contribution in [2.45, 2.75) is 0 Å². The maximum Gasteiger partial charge on any atom is 0.213 e. The van der Waals surface area contributed by atoms with E-state index in [0.717, 1.165) is 16.7 Å². The van der Waals surface area contributed by atoms with E-state index in [9.17, 15) is 0 Å². The third-order valence-electron chi connectivity index (χ3n) is 2.02. The molecule has 0 radical (unpaired) electrons. The monoisotopic (exact) mass is 189 g/mol. The Morgan fingerprint density at radius 3 is 2.93 bits per heavy atom. The van der Waals surface area contributed by atoms with E-state index in [1.807, 2.05) is 25.2 Å². The lowest BCUT2D eigenvalue weighted by Crippen LogP contribution is -1.93. The highest BCUT2D eigenvalue weighted by atomic mass is 16.5.